The molecule has 0 unspecified atom stereocenters. The van der Waals surface area contributed by atoms with Crippen LogP contribution in [0.5, 0.6) is 0 Å². The molecule has 8 heteroatoms. The van der Waals surface area contributed by atoms with Gasteiger partial charge in [-0.25, -0.2) is 4.98 Å². The van der Waals surface area contributed by atoms with E-state index in [4.69, 9.17) is 15.6 Å². The molecule has 1 fully saturated rings. The van der Waals surface area contributed by atoms with Gasteiger partial charge in [0.2, 0.25) is 0 Å². The molecule has 0 saturated carbocycles. The van der Waals surface area contributed by atoms with Crippen LogP contribution in [0.4, 0.5) is 0 Å². The third-order valence-corrected chi connectivity index (χ3v) is 3.67. The molecule has 1 aliphatic heterocycles. The molecule has 1 saturated heterocycles. The summed E-state index contributed by atoms with van der Waals surface area (Å²) in [4.78, 5) is 14.7. The van der Waals surface area contributed by atoms with Crippen LogP contribution >= 0.6 is 11.3 Å². The van der Waals surface area contributed by atoms with Gasteiger partial charge < -0.3 is 25.8 Å². The van der Waals surface area contributed by atoms with Gasteiger partial charge in [-0.3, -0.25) is 4.79 Å². The van der Waals surface area contributed by atoms with Crippen molar-refractivity contribution in [2.24, 2.45) is 5.73 Å². The van der Waals surface area contributed by atoms with Crippen molar-refractivity contribution in [1.82, 2.24) is 4.98 Å². The summed E-state index contributed by atoms with van der Waals surface area (Å²) in [5, 5.41) is 30.5. The highest BCUT2D eigenvalue weighted by molar-refractivity contribution is 7.10. The molecule has 1 aromatic rings. The Morgan fingerprint density at radius 3 is 2.94 bits per heavy atom. The molecule has 1 aliphatic rings. The van der Waals surface area contributed by atoms with Gasteiger partial charge in [0.25, 0.3) is 5.91 Å². The van der Waals surface area contributed by atoms with Crippen LogP contribution < -0.4 is 5.73 Å². The summed E-state index contributed by atoms with van der Waals surface area (Å²) in [6.07, 6.45) is -2.15. The summed E-state index contributed by atoms with van der Waals surface area (Å²) in [6.45, 7) is -0.595. The number of hydrogen-bond acceptors (Lipinski definition) is 7. The lowest BCUT2D eigenvalue weighted by molar-refractivity contribution is -0.0597. The van der Waals surface area contributed by atoms with Crippen LogP contribution in [-0.4, -0.2) is 51.6 Å². The van der Waals surface area contributed by atoms with Crippen LogP contribution in [0.15, 0.2) is 5.38 Å². The number of nitrogens with two attached hydrogens (primary N) is 1. The summed E-state index contributed by atoms with van der Waals surface area (Å²) >= 11 is 1.01. The number of rotatable bonds is 3. The van der Waals surface area contributed by atoms with Crippen LogP contribution in [0.3, 0.4) is 0 Å². The second-order valence-corrected chi connectivity index (χ2v) is 4.66. The zero-order valence-electron chi connectivity index (χ0n) is 8.74. The number of ether oxygens (including phenoxy) is 1. The van der Waals surface area contributed by atoms with Gasteiger partial charge in [0, 0.05) is 5.38 Å². The van der Waals surface area contributed by atoms with E-state index in [0.717, 1.165) is 11.3 Å². The summed E-state index contributed by atoms with van der Waals surface area (Å²) in [6, 6.07) is 0. The van der Waals surface area contributed by atoms with E-state index in [1.54, 1.807) is 0 Å². The third-order valence-electron chi connectivity index (χ3n) is 2.67. The number of aliphatic hydroxyl groups excluding tert-OH is 2. The fraction of sp³-hybridized carbons (Fsp3) is 0.556. The Morgan fingerprint density at radius 2 is 2.47 bits per heavy atom. The summed E-state index contributed by atoms with van der Waals surface area (Å²) < 4.78 is 5.05. The molecule has 0 spiro atoms. The lowest BCUT2D eigenvalue weighted by Crippen LogP contribution is -2.42. The van der Waals surface area contributed by atoms with Crippen molar-refractivity contribution in [3.05, 3.63) is 16.1 Å². The Kier molecular flexibility index (Phi) is 3.15. The smallest absolute Gasteiger partial charge is 0.268 e. The fourth-order valence-electron chi connectivity index (χ4n) is 1.64. The first-order chi connectivity index (χ1) is 7.99. The average Bonchev–Trinajstić information content (AvgIpc) is 2.87. The molecular weight excluding hydrogens is 248 g/mol. The number of aromatic nitrogens is 1. The van der Waals surface area contributed by atoms with E-state index in [2.05, 4.69) is 4.98 Å². The fourth-order valence-corrected chi connectivity index (χ4v) is 2.57. The Labute approximate surface area is 100 Å². The van der Waals surface area contributed by atoms with E-state index >= 15 is 0 Å². The predicted octanol–water partition coefficient (Wildman–Crippen LogP) is -1.82. The van der Waals surface area contributed by atoms with Gasteiger partial charge in [-0.1, -0.05) is 0 Å². The number of thiazole rings is 1. The van der Waals surface area contributed by atoms with E-state index in [-0.39, 0.29) is 17.3 Å². The standard InChI is InChI=1S/C9H12N2O5S/c10-7(14)4-2-17-8(11-4)9(15)3-16-5(1-12)6(9)13/h2,5-6,12-13,15H,1,3H2,(H2,10,14)/t5-,6-,9-/m1/s1. The predicted molar refractivity (Wildman–Crippen MR) is 57.4 cm³/mol. The number of nitrogens with zero attached hydrogens (tertiary/aromatic N) is 1. The van der Waals surface area contributed by atoms with Gasteiger partial charge >= 0.3 is 0 Å². The zero-order chi connectivity index (χ0) is 12.6. The highest BCUT2D eigenvalue weighted by Crippen LogP contribution is 2.35. The van der Waals surface area contributed by atoms with Crippen molar-refractivity contribution < 1.29 is 24.9 Å². The van der Waals surface area contributed by atoms with Crippen LogP contribution in [0.25, 0.3) is 0 Å². The van der Waals surface area contributed by atoms with Gasteiger partial charge in [0.15, 0.2) is 5.60 Å². The minimum atomic E-state index is -1.70. The van der Waals surface area contributed by atoms with Crippen molar-refractivity contribution >= 4 is 17.2 Å². The molecule has 1 amide bonds. The number of primary amides is 1. The van der Waals surface area contributed by atoms with Crippen LogP contribution in [0.2, 0.25) is 0 Å². The highest BCUT2D eigenvalue weighted by atomic mass is 32.1. The Bertz CT molecular complexity index is 437. The molecule has 2 heterocycles. The van der Waals surface area contributed by atoms with Gasteiger partial charge in [-0.05, 0) is 0 Å². The van der Waals surface area contributed by atoms with E-state index in [0.29, 0.717) is 0 Å². The number of carbonyl (C=O) groups excluding carboxylic acids is 1. The van der Waals surface area contributed by atoms with Gasteiger partial charge in [0.1, 0.15) is 22.9 Å². The Morgan fingerprint density at radius 1 is 1.76 bits per heavy atom. The molecule has 3 atom stereocenters. The third kappa shape index (κ3) is 1.94. The van der Waals surface area contributed by atoms with Crippen molar-refractivity contribution in [2.75, 3.05) is 13.2 Å². The first-order valence-corrected chi connectivity index (χ1v) is 5.75. The largest absolute Gasteiger partial charge is 0.394 e. The lowest BCUT2D eigenvalue weighted by atomic mass is 9.97. The minimum Gasteiger partial charge on any atom is -0.394 e. The van der Waals surface area contributed by atoms with E-state index in [1.165, 1.54) is 5.38 Å². The van der Waals surface area contributed by atoms with E-state index in [1.807, 2.05) is 0 Å². The number of hydrogen-bond donors (Lipinski definition) is 4. The van der Waals surface area contributed by atoms with Gasteiger partial charge in [-0.2, -0.15) is 0 Å². The van der Waals surface area contributed by atoms with Crippen LogP contribution in [0.1, 0.15) is 15.5 Å². The topological polar surface area (TPSA) is 126 Å². The lowest BCUT2D eigenvalue weighted by Gasteiger charge is -2.23. The quantitative estimate of drug-likeness (QED) is 0.507. The molecule has 0 aliphatic carbocycles. The monoisotopic (exact) mass is 260 g/mol. The molecule has 7 nitrogen and oxygen atoms in total. The second-order valence-electron chi connectivity index (χ2n) is 3.80. The SMILES string of the molecule is NC(=O)c1csc([C@@]2(O)CO[C@H](CO)[C@H]2O)n1. The number of aliphatic hydroxyl groups is 3. The van der Waals surface area contributed by atoms with E-state index in [9.17, 15) is 15.0 Å². The average molecular weight is 260 g/mol. The Hall–Kier alpha value is -1.06. The molecular formula is C9H12N2O5S. The first-order valence-electron chi connectivity index (χ1n) is 4.87. The van der Waals surface area contributed by atoms with Crippen molar-refractivity contribution in [3.63, 3.8) is 0 Å². The summed E-state index contributed by atoms with van der Waals surface area (Å²) in [5.74, 6) is -0.705. The van der Waals surface area contributed by atoms with Crippen molar-refractivity contribution in [2.45, 2.75) is 17.8 Å². The maximum atomic E-state index is 10.9. The normalized spacial score (nSPS) is 32.9. The van der Waals surface area contributed by atoms with Gasteiger partial charge in [-0.15, -0.1) is 11.3 Å². The van der Waals surface area contributed by atoms with E-state index < -0.39 is 30.3 Å². The van der Waals surface area contributed by atoms with Crippen LogP contribution in [-0.2, 0) is 10.3 Å². The Balaban J connectivity index is 2.29. The maximum absolute atomic E-state index is 10.9. The zero-order valence-corrected chi connectivity index (χ0v) is 9.55. The van der Waals surface area contributed by atoms with Crippen molar-refractivity contribution in [1.29, 1.82) is 0 Å². The molecule has 17 heavy (non-hydrogen) atoms. The molecule has 1 aromatic heterocycles. The van der Waals surface area contributed by atoms with Gasteiger partial charge in [0.05, 0.1) is 13.2 Å². The second kappa shape index (κ2) is 4.31. The molecule has 94 valence electrons. The summed E-state index contributed by atoms with van der Waals surface area (Å²) in [7, 11) is 0. The number of carbonyl (C=O) groups is 1. The molecule has 5 N–H and O–H groups in total. The molecule has 0 radical (unpaired) electrons. The molecule has 0 aromatic carbocycles. The minimum absolute atomic E-state index is 0.0260. The van der Waals surface area contributed by atoms with Crippen LogP contribution in [0, 0.1) is 0 Å². The molecule has 0 bridgehead atoms. The summed E-state index contributed by atoms with van der Waals surface area (Å²) in [5.41, 5.74) is 3.37. The van der Waals surface area contributed by atoms with Crippen molar-refractivity contribution in [3.8, 4) is 0 Å². The first kappa shape index (κ1) is 12.4. The highest BCUT2D eigenvalue weighted by Gasteiger charge is 2.51. The molecule has 2 rings (SSSR count). The number of amides is 1. The maximum Gasteiger partial charge on any atom is 0.268 e.